The van der Waals surface area contributed by atoms with Crippen LogP contribution in [0.2, 0.25) is 0 Å². The highest BCUT2D eigenvalue weighted by molar-refractivity contribution is 7.92. The van der Waals surface area contributed by atoms with Gasteiger partial charge in [-0.25, -0.2) is 13.2 Å². The van der Waals surface area contributed by atoms with Gasteiger partial charge in [0.25, 0.3) is 0 Å². The molecule has 0 saturated carbocycles. The molecule has 1 aromatic heterocycles. The molecule has 2 aliphatic rings. The maximum absolute atomic E-state index is 12.6. The van der Waals surface area contributed by atoms with Crippen LogP contribution in [-0.4, -0.2) is 61.6 Å². The van der Waals surface area contributed by atoms with E-state index in [9.17, 15) is 13.2 Å². The maximum Gasteiger partial charge on any atom is 0.317 e. The Morgan fingerprint density at radius 3 is 2.85 bits per heavy atom. The van der Waals surface area contributed by atoms with Crippen molar-refractivity contribution in [2.75, 3.05) is 26.0 Å². The topological polar surface area (TPSA) is 91.5 Å². The number of methoxy groups -OCH3 is 1. The summed E-state index contributed by atoms with van der Waals surface area (Å²) in [5.74, 6) is -0.0726. The normalized spacial score (nSPS) is 26.5. The number of likely N-dealkylation sites (tertiary alicyclic amines) is 1. The first-order valence-corrected chi connectivity index (χ1v) is 10.9. The number of nitrogens with one attached hydrogen (secondary N) is 2. The molecule has 0 radical (unpaired) electrons. The lowest BCUT2D eigenvalue weighted by Crippen LogP contribution is -2.40. The van der Waals surface area contributed by atoms with E-state index in [1.54, 1.807) is 4.90 Å². The predicted octanol–water partition coefficient (Wildman–Crippen LogP) is 1.74. The molecule has 4 rings (SSSR count). The van der Waals surface area contributed by atoms with E-state index in [1.807, 2.05) is 19.1 Å². The minimum atomic E-state index is -3.20. The quantitative estimate of drug-likeness (QED) is 0.834. The summed E-state index contributed by atoms with van der Waals surface area (Å²) in [5, 5.41) is 3.57. The molecular formula is C19H25N3O4S. The number of ether oxygens (including phenoxy) is 1. The highest BCUT2D eigenvalue weighted by atomic mass is 32.2. The zero-order valence-corrected chi connectivity index (χ0v) is 16.6. The number of carbonyl (C=O) groups excluding carboxylic acids is 1. The monoisotopic (exact) mass is 391 g/mol. The Morgan fingerprint density at radius 1 is 1.33 bits per heavy atom. The molecular weight excluding hydrogens is 366 g/mol. The van der Waals surface area contributed by atoms with Crippen LogP contribution < -0.4 is 5.32 Å². The molecule has 0 bridgehead atoms. The molecule has 2 fully saturated rings. The molecule has 0 aliphatic carbocycles. The van der Waals surface area contributed by atoms with Gasteiger partial charge in [-0.2, -0.15) is 0 Å². The Bertz CT molecular complexity index is 998. The van der Waals surface area contributed by atoms with Crippen molar-refractivity contribution in [2.24, 2.45) is 5.92 Å². The Morgan fingerprint density at radius 2 is 2.11 bits per heavy atom. The van der Waals surface area contributed by atoms with Gasteiger partial charge in [0.2, 0.25) is 0 Å². The fraction of sp³-hybridized carbons (Fsp3) is 0.526. The first-order chi connectivity index (χ1) is 12.8. The number of aryl methyl sites for hydroxylation is 2. The Hall–Kier alpha value is -2.06. The second-order valence-corrected chi connectivity index (χ2v) is 9.89. The molecule has 1 aromatic carbocycles. The summed E-state index contributed by atoms with van der Waals surface area (Å²) in [6.45, 7) is 5.19. The lowest BCUT2D eigenvalue weighted by atomic mass is 10.0. The molecule has 3 heterocycles. The molecule has 8 heteroatoms. The highest BCUT2D eigenvalue weighted by Crippen LogP contribution is 2.35. The van der Waals surface area contributed by atoms with Crippen LogP contribution in [0.5, 0.6) is 0 Å². The van der Waals surface area contributed by atoms with E-state index in [0.29, 0.717) is 13.1 Å². The number of H-pyrrole nitrogens is 1. The summed E-state index contributed by atoms with van der Waals surface area (Å²) in [6, 6.07) is 5.87. The van der Waals surface area contributed by atoms with Crippen molar-refractivity contribution < 1.29 is 17.9 Å². The van der Waals surface area contributed by atoms with Gasteiger partial charge in [-0.15, -0.1) is 0 Å². The summed E-state index contributed by atoms with van der Waals surface area (Å²) in [5.41, 5.74) is 4.45. The van der Waals surface area contributed by atoms with Gasteiger partial charge >= 0.3 is 6.03 Å². The minimum absolute atomic E-state index is 0.0593. The van der Waals surface area contributed by atoms with Crippen molar-refractivity contribution in [3.63, 3.8) is 0 Å². The highest BCUT2D eigenvalue weighted by Gasteiger charge is 2.53. The molecule has 27 heavy (non-hydrogen) atoms. The molecule has 0 unspecified atom stereocenters. The van der Waals surface area contributed by atoms with Crippen LogP contribution in [0.1, 0.15) is 16.8 Å². The zero-order chi connectivity index (χ0) is 19.3. The average Bonchev–Trinajstić information content (AvgIpc) is 3.27. The third-order valence-corrected chi connectivity index (χ3v) is 8.27. The Balaban J connectivity index is 1.43. The van der Waals surface area contributed by atoms with E-state index in [-0.39, 0.29) is 30.4 Å². The van der Waals surface area contributed by atoms with Crippen molar-refractivity contribution in [3.05, 3.63) is 35.0 Å². The van der Waals surface area contributed by atoms with Crippen LogP contribution in [0.25, 0.3) is 10.9 Å². The standard InChI is InChI=1S/C19H25N3O4S/c1-11-12(2)21-16-5-4-13(6-14(11)16)7-20-19(23)22-8-15-17(26-3)10-27(24,25)18(15)9-22/h4-6,15,17-18,21H,7-10H2,1-3H3,(H,20,23)/t15-,17+,18-/m0/s1. The van der Waals surface area contributed by atoms with Gasteiger partial charge in [0.05, 0.1) is 17.1 Å². The number of nitrogens with zero attached hydrogens (tertiary/aromatic N) is 1. The Kier molecular flexibility index (Phi) is 4.43. The van der Waals surface area contributed by atoms with E-state index in [1.165, 1.54) is 12.7 Å². The largest absolute Gasteiger partial charge is 0.380 e. The second kappa shape index (κ2) is 6.53. The van der Waals surface area contributed by atoms with E-state index < -0.39 is 15.1 Å². The van der Waals surface area contributed by atoms with Crippen LogP contribution in [-0.2, 0) is 21.1 Å². The fourth-order valence-corrected chi connectivity index (χ4v) is 6.62. The fourth-order valence-electron chi connectivity index (χ4n) is 4.33. The second-order valence-electron chi connectivity index (χ2n) is 7.62. The zero-order valence-electron chi connectivity index (χ0n) is 15.8. The molecule has 0 spiro atoms. The summed E-state index contributed by atoms with van der Waals surface area (Å²) in [4.78, 5) is 17.5. The van der Waals surface area contributed by atoms with Gasteiger partial charge in [0.1, 0.15) is 0 Å². The number of aromatic amines is 1. The molecule has 146 valence electrons. The van der Waals surface area contributed by atoms with E-state index in [0.717, 1.165) is 22.2 Å². The maximum atomic E-state index is 12.6. The number of sulfone groups is 1. The van der Waals surface area contributed by atoms with Crippen molar-refractivity contribution in [2.45, 2.75) is 31.7 Å². The summed E-state index contributed by atoms with van der Waals surface area (Å²) >= 11 is 0. The number of amides is 2. The molecule has 3 atom stereocenters. The van der Waals surface area contributed by atoms with Gasteiger partial charge < -0.3 is 19.9 Å². The van der Waals surface area contributed by atoms with Crippen molar-refractivity contribution in [3.8, 4) is 0 Å². The van der Waals surface area contributed by atoms with Gasteiger partial charge in [0.15, 0.2) is 9.84 Å². The predicted molar refractivity (Wildman–Crippen MR) is 103 cm³/mol. The Labute approximate surface area is 159 Å². The van der Waals surface area contributed by atoms with Crippen molar-refractivity contribution >= 4 is 26.8 Å². The first-order valence-electron chi connectivity index (χ1n) is 9.15. The number of hydrogen-bond donors (Lipinski definition) is 2. The molecule has 2 saturated heterocycles. The summed E-state index contributed by atoms with van der Waals surface area (Å²) in [6.07, 6.45) is -0.319. The van der Waals surface area contributed by atoms with Crippen LogP contribution in [0.3, 0.4) is 0 Å². The SMILES string of the molecule is CO[C@@H]1CS(=O)(=O)[C@H]2CN(C(=O)NCc3ccc4[nH]c(C)c(C)c4c3)C[C@@H]12. The number of hydrogen-bond acceptors (Lipinski definition) is 4. The molecule has 7 nitrogen and oxygen atoms in total. The minimum Gasteiger partial charge on any atom is -0.380 e. The number of aromatic nitrogens is 1. The molecule has 2 aliphatic heterocycles. The lowest BCUT2D eigenvalue weighted by Gasteiger charge is -2.20. The lowest BCUT2D eigenvalue weighted by molar-refractivity contribution is 0.0821. The number of urea groups is 1. The average molecular weight is 391 g/mol. The van der Waals surface area contributed by atoms with Crippen molar-refractivity contribution in [1.82, 2.24) is 15.2 Å². The van der Waals surface area contributed by atoms with E-state index in [4.69, 9.17) is 4.74 Å². The van der Waals surface area contributed by atoms with Crippen LogP contribution >= 0.6 is 0 Å². The van der Waals surface area contributed by atoms with Gasteiger partial charge in [-0.3, -0.25) is 0 Å². The van der Waals surface area contributed by atoms with Crippen LogP contribution in [0.4, 0.5) is 4.79 Å². The van der Waals surface area contributed by atoms with Crippen LogP contribution in [0, 0.1) is 19.8 Å². The van der Waals surface area contributed by atoms with Gasteiger partial charge in [0, 0.05) is 49.3 Å². The first kappa shape index (κ1) is 18.3. The van der Waals surface area contributed by atoms with Gasteiger partial charge in [-0.05, 0) is 37.1 Å². The van der Waals surface area contributed by atoms with Gasteiger partial charge in [-0.1, -0.05) is 6.07 Å². The number of benzene rings is 1. The van der Waals surface area contributed by atoms with E-state index in [2.05, 4.69) is 23.3 Å². The number of carbonyl (C=O) groups is 1. The molecule has 2 N–H and O–H groups in total. The van der Waals surface area contributed by atoms with E-state index >= 15 is 0 Å². The molecule has 2 amide bonds. The molecule has 2 aromatic rings. The third kappa shape index (κ3) is 3.10. The van der Waals surface area contributed by atoms with Crippen LogP contribution in [0.15, 0.2) is 18.2 Å². The number of rotatable bonds is 3. The van der Waals surface area contributed by atoms with Crippen molar-refractivity contribution in [1.29, 1.82) is 0 Å². The number of fused-ring (bicyclic) bond motifs is 2. The summed E-state index contributed by atoms with van der Waals surface area (Å²) < 4.78 is 29.9. The summed E-state index contributed by atoms with van der Waals surface area (Å²) in [7, 11) is -1.66. The third-order valence-electron chi connectivity index (χ3n) is 6.05. The smallest absolute Gasteiger partial charge is 0.317 e.